The Morgan fingerprint density at radius 2 is 2.33 bits per heavy atom. The van der Waals surface area contributed by atoms with Crippen LogP contribution >= 0.6 is 0 Å². The van der Waals surface area contributed by atoms with Crippen molar-refractivity contribution in [3.8, 4) is 11.3 Å². The fourth-order valence-electron chi connectivity index (χ4n) is 1.88. The molecule has 10 heteroatoms. The Morgan fingerprint density at radius 3 is 2.95 bits per heavy atom. The predicted octanol–water partition coefficient (Wildman–Crippen LogP) is -0.104. The normalized spacial score (nSPS) is 10.8. The first-order valence-electron chi connectivity index (χ1n) is 5.95. The lowest BCUT2D eigenvalue weighted by Crippen LogP contribution is -2.07. The largest absolute Gasteiger partial charge is 0.464 e. The fraction of sp³-hybridized carbons (Fsp3) is 0.273. The van der Waals surface area contributed by atoms with Gasteiger partial charge in [0, 0.05) is 18.8 Å². The Balaban J connectivity index is 2.07. The van der Waals surface area contributed by atoms with E-state index in [4.69, 9.17) is 9.26 Å². The van der Waals surface area contributed by atoms with E-state index in [9.17, 15) is 4.79 Å². The summed E-state index contributed by atoms with van der Waals surface area (Å²) < 4.78 is 12.8. The number of aromatic nitrogens is 7. The minimum atomic E-state index is -0.578. The van der Waals surface area contributed by atoms with Crippen LogP contribution in [0.5, 0.6) is 0 Å². The Bertz CT molecular complexity index is 759. The highest BCUT2D eigenvalue weighted by molar-refractivity contribution is 5.93. The number of carbonyl (C=O) groups excluding carboxylic acids is 1. The lowest BCUT2D eigenvalue weighted by Gasteiger charge is -2.03. The lowest BCUT2D eigenvalue weighted by atomic mass is 10.2. The van der Waals surface area contributed by atoms with Gasteiger partial charge in [-0.05, 0) is 0 Å². The number of nitrogens with zero attached hydrogens (tertiary/aromatic N) is 7. The van der Waals surface area contributed by atoms with E-state index in [-0.39, 0.29) is 12.2 Å². The van der Waals surface area contributed by atoms with Crippen molar-refractivity contribution in [1.82, 2.24) is 34.9 Å². The number of esters is 1. The summed E-state index contributed by atoms with van der Waals surface area (Å²) in [6.45, 7) is 0.189. The molecule has 0 aliphatic carbocycles. The Hall–Kier alpha value is -3.04. The third kappa shape index (κ3) is 2.38. The molecule has 0 amide bonds. The average Bonchev–Trinajstić information content (AvgIpc) is 3.19. The maximum atomic E-state index is 11.8. The molecule has 3 aromatic rings. The van der Waals surface area contributed by atoms with Gasteiger partial charge in [0.2, 0.25) is 5.89 Å². The van der Waals surface area contributed by atoms with Gasteiger partial charge in [-0.25, -0.2) is 9.48 Å². The van der Waals surface area contributed by atoms with E-state index in [0.717, 1.165) is 0 Å². The number of rotatable bonds is 4. The van der Waals surface area contributed by atoms with Crippen LogP contribution in [0.2, 0.25) is 0 Å². The van der Waals surface area contributed by atoms with Gasteiger partial charge in [-0.1, -0.05) is 10.4 Å². The van der Waals surface area contributed by atoms with Crippen molar-refractivity contribution < 1.29 is 14.1 Å². The standard InChI is InChI=1S/C11H11N7O3/c1-17-4-7(3-13-17)10-9(11(19)20-2)15-16-18(10)5-8-12-6-14-21-8/h3-4,6H,5H2,1-2H3. The highest BCUT2D eigenvalue weighted by Gasteiger charge is 2.23. The molecule has 0 unspecified atom stereocenters. The average molecular weight is 289 g/mol. The third-order valence-electron chi connectivity index (χ3n) is 2.78. The first-order valence-corrected chi connectivity index (χ1v) is 5.95. The molecule has 0 bridgehead atoms. The van der Waals surface area contributed by atoms with E-state index in [0.29, 0.717) is 17.1 Å². The van der Waals surface area contributed by atoms with Gasteiger partial charge in [-0.3, -0.25) is 4.68 Å². The second-order valence-electron chi connectivity index (χ2n) is 4.17. The summed E-state index contributed by atoms with van der Waals surface area (Å²) in [7, 11) is 3.06. The molecule has 0 N–H and O–H groups in total. The summed E-state index contributed by atoms with van der Waals surface area (Å²) in [6.07, 6.45) is 4.64. The van der Waals surface area contributed by atoms with Crippen LogP contribution in [0.15, 0.2) is 23.2 Å². The van der Waals surface area contributed by atoms with Gasteiger partial charge in [0.05, 0.1) is 13.3 Å². The molecule has 10 nitrogen and oxygen atoms in total. The van der Waals surface area contributed by atoms with Gasteiger partial charge in [-0.15, -0.1) is 5.10 Å². The van der Waals surface area contributed by atoms with Crippen molar-refractivity contribution in [3.05, 3.63) is 30.3 Å². The highest BCUT2D eigenvalue weighted by Crippen LogP contribution is 2.22. The van der Waals surface area contributed by atoms with Gasteiger partial charge in [0.1, 0.15) is 12.2 Å². The van der Waals surface area contributed by atoms with Crippen LogP contribution in [0.1, 0.15) is 16.4 Å². The molecule has 0 aliphatic rings. The monoisotopic (exact) mass is 289 g/mol. The summed E-state index contributed by atoms with van der Waals surface area (Å²) in [5.74, 6) is -0.230. The molecule has 21 heavy (non-hydrogen) atoms. The van der Waals surface area contributed by atoms with Gasteiger partial charge in [0.25, 0.3) is 0 Å². The zero-order chi connectivity index (χ0) is 14.8. The summed E-state index contributed by atoms with van der Waals surface area (Å²) in [5.41, 5.74) is 1.26. The summed E-state index contributed by atoms with van der Waals surface area (Å²) in [4.78, 5) is 15.7. The minimum absolute atomic E-state index is 0.102. The predicted molar refractivity (Wildman–Crippen MR) is 67.0 cm³/mol. The number of aryl methyl sites for hydroxylation is 1. The van der Waals surface area contributed by atoms with Crippen LogP contribution in [0.4, 0.5) is 0 Å². The number of carbonyl (C=O) groups is 1. The second-order valence-corrected chi connectivity index (χ2v) is 4.17. The molecule has 0 fully saturated rings. The van der Waals surface area contributed by atoms with Gasteiger partial charge in [-0.2, -0.15) is 10.1 Å². The maximum absolute atomic E-state index is 11.8. The topological polar surface area (TPSA) is 114 Å². The molecule has 0 atom stereocenters. The summed E-state index contributed by atoms with van der Waals surface area (Å²) >= 11 is 0. The van der Waals surface area contributed by atoms with Crippen molar-refractivity contribution in [2.75, 3.05) is 7.11 Å². The van der Waals surface area contributed by atoms with Gasteiger partial charge < -0.3 is 9.26 Å². The molecule has 0 radical (unpaired) electrons. The van der Waals surface area contributed by atoms with E-state index in [1.54, 1.807) is 24.1 Å². The number of hydrogen-bond donors (Lipinski definition) is 0. The molecule has 0 aliphatic heterocycles. The maximum Gasteiger partial charge on any atom is 0.360 e. The quantitative estimate of drug-likeness (QED) is 0.611. The molecule has 3 aromatic heterocycles. The first-order chi connectivity index (χ1) is 10.2. The Morgan fingerprint density at radius 1 is 1.48 bits per heavy atom. The third-order valence-corrected chi connectivity index (χ3v) is 2.78. The lowest BCUT2D eigenvalue weighted by molar-refractivity contribution is 0.0595. The summed E-state index contributed by atoms with van der Waals surface area (Å²) in [5, 5.41) is 15.4. The highest BCUT2D eigenvalue weighted by atomic mass is 16.5. The number of methoxy groups -OCH3 is 1. The van der Waals surface area contributed by atoms with E-state index < -0.39 is 5.97 Å². The van der Waals surface area contributed by atoms with Crippen molar-refractivity contribution in [2.24, 2.45) is 7.05 Å². The number of hydrogen-bond acceptors (Lipinski definition) is 8. The van der Waals surface area contributed by atoms with Gasteiger partial charge in [0.15, 0.2) is 12.0 Å². The molecule has 3 heterocycles. The zero-order valence-electron chi connectivity index (χ0n) is 11.3. The van der Waals surface area contributed by atoms with Crippen molar-refractivity contribution >= 4 is 5.97 Å². The molecule has 0 aromatic carbocycles. The smallest absolute Gasteiger partial charge is 0.360 e. The van der Waals surface area contributed by atoms with E-state index in [2.05, 4.69) is 25.6 Å². The van der Waals surface area contributed by atoms with Crippen LogP contribution in [-0.4, -0.2) is 48.0 Å². The molecular weight excluding hydrogens is 278 g/mol. The van der Waals surface area contributed by atoms with Crippen LogP contribution in [0, 0.1) is 0 Å². The van der Waals surface area contributed by atoms with E-state index in [1.165, 1.54) is 18.1 Å². The van der Waals surface area contributed by atoms with E-state index in [1.807, 2.05) is 0 Å². The van der Waals surface area contributed by atoms with Crippen LogP contribution < -0.4 is 0 Å². The molecule has 3 rings (SSSR count). The Kier molecular flexibility index (Phi) is 3.18. The Labute approximate surface area is 118 Å². The zero-order valence-corrected chi connectivity index (χ0v) is 11.3. The molecular formula is C11H11N7O3. The first kappa shape index (κ1) is 13.0. The number of ether oxygens (including phenoxy) is 1. The van der Waals surface area contributed by atoms with Gasteiger partial charge >= 0.3 is 5.97 Å². The summed E-state index contributed by atoms with van der Waals surface area (Å²) in [6, 6.07) is 0. The van der Waals surface area contributed by atoms with E-state index >= 15 is 0 Å². The van der Waals surface area contributed by atoms with Crippen molar-refractivity contribution in [3.63, 3.8) is 0 Å². The molecule has 0 saturated carbocycles. The molecule has 108 valence electrons. The van der Waals surface area contributed by atoms with Crippen LogP contribution in [0.3, 0.4) is 0 Å². The SMILES string of the molecule is COC(=O)c1nnn(Cc2ncno2)c1-c1cnn(C)c1. The van der Waals surface area contributed by atoms with Crippen molar-refractivity contribution in [1.29, 1.82) is 0 Å². The van der Waals surface area contributed by atoms with Crippen LogP contribution in [0.25, 0.3) is 11.3 Å². The second kappa shape index (κ2) is 5.15. The minimum Gasteiger partial charge on any atom is -0.464 e. The van der Waals surface area contributed by atoms with Crippen LogP contribution in [-0.2, 0) is 18.3 Å². The molecule has 0 saturated heterocycles. The van der Waals surface area contributed by atoms with Crippen molar-refractivity contribution in [2.45, 2.75) is 6.54 Å². The fourth-order valence-corrected chi connectivity index (χ4v) is 1.88. The molecule has 0 spiro atoms.